The quantitative estimate of drug-likeness (QED) is 0.209. The number of aromatic nitrogens is 3. The summed E-state index contributed by atoms with van der Waals surface area (Å²) in [5.41, 5.74) is 2.47. The molecule has 0 aliphatic rings. The number of hydrogen-bond donors (Lipinski definition) is 4. The first kappa shape index (κ1) is 27.3. The van der Waals surface area contributed by atoms with Gasteiger partial charge >= 0.3 is 12.4 Å². The predicted molar refractivity (Wildman–Crippen MR) is 140 cm³/mol. The lowest BCUT2D eigenvalue weighted by molar-refractivity contribution is -0.274. The van der Waals surface area contributed by atoms with Gasteiger partial charge in [0.15, 0.2) is 5.75 Å². The van der Waals surface area contributed by atoms with Gasteiger partial charge in [-0.2, -0.15) is 0 Å². The number of benzene rings is 2. The lowest BCUT2D eigenvalue weighted by atomic mass is 10.1. The van der Waals surface area contributed by atoms with Crippen LogP contribution >= 0.6 is 0 Å². The molecule has 39 heavy (non-hydrogen) atoms. The number of amides is 2. The Morgan fingerprint density at radius 1 is 0.949 bits per heavy atom. The third-order valence-electron chi connectivity index (χ3n) is 5.53. The van der Waals surface area contributed by atoms with Gasteiger partial charge in [-0.1, -0.05) is 42.5 Å². The number of halogens is 3. The van der Waals surface area contributed by atoms with Crippen LogP contribution in [0.3, 0.4) is 0 Å². The van der Waals surface area contributed by atoms with E-state index in [0.717, 1.165) is 31.0 Å². The van der Waals surface area contributed by atoms with Crippen molar-refractivity contribution in [1.29, 1.82) is 0 Å². The third-order valence-corrected chi connectivity index (χ3v) is 5.53. The van der Waals surface area contributed by atoms with Crippen LogP contribution in [0.5, 0.6) is 5.75 Å². The van der Waals surface area contributed by atoms with E-state index in [1.807, 2.05) is 24.4 Å². The summed E-state index contributed by atoms with van der Waals surface area (Å²) in [4.78, 5) is 35.5. The molecule has 0 spiro atoms. The molecular weight excluding hydrogens is 513 g/mol. The molecule has 2 heterocycles. The van der Waals surface area contributed by atoms with Crippen LogP contribution in [0.25, 0.3) is 11.1 Å². The van der Waals surface area contributed by atoms with Crippen LogP contribution in [0, 0.1) is 0 Å². The summed E-state index contributed by atoms with van der Waals surface area (Å²) in [6, 6.07) is 15.5. The number of ether oxygens (including phenoxy) is 1. The minimum Gasteiger partial charge on any atom is -0.404 e. The molecule has 0 unspecified atom stereocenters. The molecular formula is C27H25F3N6O3. The van der Waals surface area contributed by atoms with E-state index in [2.05, 4.69) is 41.7 Å². The molecule has 0 aliphatic heterocycles. The van der Waals surface area contributed by atoms with Crippen LogP contribution in [0.15, 0.2) is 84.0 Å². The third kappa shape index (κ3) is 8.40. The van der Waals surface area contributed by atoms with Gasteiger partial charge in [0.1, 0.15) is 0 Å². The number of nitrogens with zero attached hydrogens (tertiary/aromatic N) is 2. The highest BCUT2D eigenvalue weighted by atomic mass is 19.4. The second kappa shape index (κ2) is 12.7. The second-order valence-electron chi connectivity index (χ2n) is 8.44. The number of aromatic amines is 1. The summed E-state index contributed by atoms with van der Waals surface area (Å²) in [6.07, 6.45) is 1.93. The topological polar surface area (TPSA) is 121 Å². The Morgan fingerprint density at radius 2 is 1.74 bits per heavy atom. The van der Waals surface area contributed by atoms with Gasteiger partial charge in [0.25, 0.3) is 5.56 Å². The molecule has 2 amide bonds. The molecule has 0 saturated heterocycles. The number of anilines is 2. The van der Waals surface area contributed by atoms with Crippen LogP contribution in [-0.2, 0) is 13.0 Å². The molecule has 0 atom stereocenters. The number of H-pyrrole nitrogens is 1. The molecule has 0 radical (unpaired) electrons. The standard InChI is InChI=1S/C27H25F3N6O3/c28-27(29,30)39-23-8-2-1-7-22(23)34-26(38)36-25-33-17-21(24(37)35-25)20-11-9-19(10-12-20)16-32-14-4-6-18-5-3-13-31-15-18/h1-3,5,7-13,15,17,32H,4,6,14,16H2,(H3,33,34,35,36,37,38). The average Bonchev–Trinajstić information content (AvgIpc) is 2.90. The Morgan fingerprint density at radius 3 is 2.46 bits per heavy atom. The van der Waals surface area contributed by atoms with Crippen molar-refractivity contribution in [1.82, 2.24) is 20.3 Å². The highest BCUT2D eigenvalue weighted by Gasteiger charge is 2.32. The Bertz CT molecular complexity index is 1440. The predicted octanol–water partition coefficient (Wildman–Crippen LogP) is 5.10. The Balaban J connectivity index is 1.29. The molecule has 2 aromatic carbocycles. The first-order valence-electron chi connectivity index (χ1n) is 12.0. The Labute approximate surface area is 221 Å². The maximum Gasteiger partial charge on any atom is 0.573 e. The molecule has 4 aromatic rings. The van der Waals surface area contributed by atoms with E-state index in [4.69, 9.17) is 0 Å². The van der Waals surface area contributed by atoms with Gasteiger partial charge in [0, 0.05) is 25.1 Å². The zero-order valence-corrected chi connectivity index (χ0v) is 20.6. The zero-order valence-electron chi connectivity index (χ0n) is 20.6. The van der Waals surface area contributed by atoms with E-state index in [0.29, 0.717) is 17.7 Å². The lowest BCUT2D eigenvalue weighted by Crippen LogP contribution is -2.24. The van der Waals surface area contributed by atoms with Crippen molar-refractivity contribution in [2.75, 3.05) is 17.2 Å². The van der Waals surface area contributed by atoms with Gasteiger partial charge < -0.3 is 15.4 Å². The number of pyridine rings is 1. The fourth-order valence-corrected chi connectivity index (χ4v) is 3.71. The fraction of sp³-hybridized carbons (Fsp3) is 0.185. The second-order valence-corrected chi connectivity index (χ2v) is 8.44. The Kier molecular flexibility index (Phi) is 8.90. The summed E-state index contributed by atoms with van der Waals surface area (Å²) in [5, 5.41) is 7.92. The average molecular weight is 539 g/mol. The molecule has 4 rings (SSSR count). The van der Waals surface area contributed by atoms with E-state index in [1.165, 1.54) is 30.0 Å². The van der Waals surface area contributed by atoms with Crippen molar-refractivity contribution in [3.8, 4) is 16.9 Å². The highest BCUT2D eigenvalue weighted by Crippen LogP contribution is 2.30. The van der Waals surface area contributed by atoms with Gasteiger partial charge in [-0.3, -0.25) is 20.1 Å². The first-order chi connectivity index (χ1) is 18.8. The highest BCUT2D eigenvalue weighted by molar-refractivity contribution is 5.99. The molecule has 2 aromatic heterocycles. The molecule has 9 nitrogen and oxygen atoms in total. The molecule has 0 bridgehead atoms. The van der Waals surface area contributed by atoms with Crippen LogP contribution in [0.4, 0.5) is 29.6 Å². The number of carbonyl (C=O) groups is 1. The monoisotopic (exact) mass is 538 g/mol. The summed E-state index contributed by atoms with van der Waals surface area (Å²) in [7, 11) is 0. The minimum absolute atomic E-state index is 0.178. The molecule has 4 N–H and O–H groups in total. The number of urea groups is 1. The van der Waals surface area contributed by atoms with Crippen molar-refractivity contribution in [3.05, 3.63) is 101 Å². The van der Waals surface area contributed by atoms with Crippen LogP contribution in [-0.4, -0.2) is 33.9 Å². The zero-order chi connectivity index (χ0) is 27.7. The minimum atomic E-state index is -4.92. The first-order valence-corrected chi connectivity index (χ1v) is 12.0. The number of alkyl halides is 3. The summed E-state index contributed by atoms with van der Waals surface area (Å²) in [6.45, 7) is 1.53. The van der Waals surface area contributed by atoms with Crippen LogP contribution in [0.1, 0.15) is 17.5 Å². The molecule has 0 fully saturated rings. The Hall–Kier alpha value is -4.71. The number of carbonyl (C=O) groups excluding carboxylic acids is 1. The van der Waals surface area contributed by atoms with Crippen LogP contribution in [0.2, 0.25) is 0 Å². The number of para-hydroxylation sites is 2. The lowest BCUT2D eigenvalue weighted by Gasteiger charge is -2.14. The van der Waals surface area contributed by atoms with Gasteiger partial charge in [0.05, 0.1) is 11.3 Å². The largest absolute Gasteiger partial charge is 0.573 e. The van der Waals surface area contributed by atoms with E-state index in [-0.39, 0.29) is 11.6 Å². The molecule has 0 saturated carbocycles. The van der Waals surface area contributed by atoms with Gasteiger partial charge in [0.2, 0.25) is 5.95 Å². The molecule has 12 heteroatoms. The number of nitrogens with one attached hydrogen (secondary N) is 4. The van der Waals surface area contributed by atoms with Gasteiger partial charge in [-0.05, 0) is 54.3 Å². The fourth-order valence-electron chi connectivity index (χ4n) is 3.71. The SMILES string of the molecule is O=C(Nc1ncc(-c2ccc(CNCCCc3cccnc3)cc2)c(=O)[nH]1)Nc1ccccc1OC(F)(F)F. The van der Waals surface area contributed by atoms with Crippen LogP contribution < -0.4 is 26.2 Å². The summed E-state index contributed by atoms with van der Waals surface area (Å²) in [5.74, 6) is -0.761. The van der Waals surface area contributed by atoms with E-state index in [1.54, 1.807) is 18.3 Å². The maximum absolute atomic E-state index is 12.6. The molecule has 202 valence electrons. The van der Waals surface area contributed by atoms with E-state index in [9.17, 15) is 22.8 Å². The normalized spacial score (nSPS) is 11.2. The maximum atomic E-state index is 12.6. The van der Waals surface area contributed by atoms with Crippen molar-refractivity contribution >= 4 is 17.7 Å². The van der Waals surface area contributed by atoms with Crippen molar-refractivity contribution in [2.45, 2.75) is 25.7 Å². The molecule has 0 aliphatic carbocycles. The van der Waals surface area contributed by atoms with Gasteiger partial charge in [-0.25, -0.2) is 9.78 Å². The summed E-state index contributed by atoms with van der Waals surface area (Å²) >= 11 is 0. The van der Waals surface area contributed by atoms with Crippen molar-refractivity contribution < 1.29 is 22.7 Å². The smallest absolute Gasteiger partial charge is 0.404 e. The van der Waals surface area contributed by atoms with E-state index >= 15 is 0 Å². The van der Waals surface area contributed by atoms with E-state index < -0.39 is 23.7 Å². The van der Waals surface area contributed by atoms with Crippen molar-refractivity contribution in [2.24, 2.45) is 0 Å². The number of rotatable bonds is 10. The van der Waals surface area contributed by atoms with Crippen molar-refractivity contribution in [3.63, 3.8) is 0 Å². The van der Waals surface area contributed by atoms with Gasteiger partial charge in [-0.15, -0.1) is 13.2 Å². The number of hydrogen-bond acceptors (Lipinski definition) is 6. The number of aryl methyl sites for hydroxylation is 1. The summed E-state index contributed by atoms with van der Waals surface area (Å²) < 4.78 is 41.6.